The van der Waals surface area contributed by atoms with Gasteiger partial charge >= 0.3 is 0 Å². The lowest BCUT2D eigenvalue weighted by atomic mass is 9.96. The Labute approximate surface area is 246 Å². The summed E-state index contributed by atoms with van der Waals surface area (Å²) in [6.07, 6.45) is 0. The number of nitrogens with one attached hydrogen (secondary N) is 3. The number of halogens is 1. The Morgan fingerprint density at radius 2 is 1.07 bits per heavy atom. The molecule has 0 aromatic heterocycles. The number of hydrogen-bond acceptors (Lipinski definition) is 6. The summed E-state index contributed by atoms with van der Waals surface area (Å²) in [4.78, 5) is 7.36. The van der Waals surface area contributed by atoms with Crippen LogP contribution in [0.25, 0.3) is 0 Å². The standard InChI is InChI=1S/C17H19ClN2.C11H16N2.C5H12N2/c18-16-8-6-15(7-9-16)17(14-4-2-1-3-5-14)20-12-10-19-11-13-20;1-2-4-11(5-3-1)10-13-8-6-12-7-9-13;1-7-4-2-6-3-5-7/h1-9,17,19H,10-13H2;1-5,12H,6-10H2;6H,2-5H2,1H3. The molecular formula is C33H47ClN6. The van der Waals surface area contributed by atoms with E-state index in [1.165, 1.54) is 42.9 Å². The van der Waals surface area contributed by atoms with E-state index in [0.29, 0.717) is 6.04 Å². The van der Waals surface area contributed by atoms with E-state index in [1.54, 1.807) is 0 Å². The monoisotopic (exact) mass is 562 g/mol. The Balaban J connectivity index is 0.000000157. The largest absolute Gasteiger partial charge is 0.314 e. The topological polar surface area (TPSA) is 45.8 Å². The maximum absolute atomic E-state index is 6.02. The van der Waals surface area contributed by atoms with E-state index in [-0.39, 0.29) is 0 Å². The number of rotatable bonds is 5. The van der Waals surface area contributed by atoms with E-state index in [0.717, 1.165) is 63.9 Å². The van der Waals surface area contributed by atoms with Gasteiger partial charge in [0.05, 0.1) is 6.04 Å². The molecule has 3 aliphatic rings. The first-order valence-electron chi connectivity index (χ1n) is 14.8. The maximum Gasteiger partial charge on any atom is 0.0602 e. The summed E-state index contributed by atoms with van der Waals surface area (Å²) in [7, 11) is 2.15. The van der Waals surface area contributed by atoms with Crippen LogP contribution in [0, 0.1) is 0 Å². The number of likely N-dealkylation sites (N-methyl/N-ethyl adjacent to an activating group) is 1. The Hall–Kier alpha value is -2.29. The van der Waals surface area contributed by atoms with Crippen molar-refractivity contribution in [2.75, 3.05) is 85.6 Å². The predicted molar refractivity (Wildman–Crippen MR) is 169 cm³/mol. The molecule has 6 nitrogen and oxygen atoms in total. The molecule has 3 aromatic carbocycles. The minimum Gasteiger partial charge on any atom is -0.314 e. The molecule has 1 unspecified atom stereocenters. The van der Waals surface area contributed by atoms with Crippen molar-refractivity contribution < 1.29 is 0 Å². The molecule has 6 rings (SSSR count). The van der Waals surface area contributed by atoms with Gasteiger partial charge in [-0.05, 0) is 35.9 Å². The maximum atomic E-state index is 6.02. The van der Waals surface area contributed by atoms with Crippen LogP contribution in [0.5, 0.6) is 0 Å². The van der Waals surface area contributed by atoms with Crippen LogP contribution in [0.15, 0.2) is 84.9 Å². The van der Waals surface area contributed by atoms with Crippen molar-refractivity contribution in [3.63, 3.8) is 0 Å². The molecule has 40 heavy (non-hydrogen) atoms. The van der Waals surface area contributed by atoms with Crippen LogP contribution in [0.3, 0.4) is 0 Å². The van der Waals surface area contributed by atoms with Crippen molar-refractivity contribution in [3.05, 3.63) is 107 Å². The molecule has 3 saturated heterocycles. The van der Waals surface area contributed by atoms with Gasteiger partial charge < -0.3 is 20.9 Å². The first-order valence-corrected chi connectivity index (χ1v) is 15.2. The summed E-state index contributed by atoms with van der Waals surface area (Å²) in [5.74, 6) is 0. The lowest BCUT2D eigenvalue weighted by Crippen LogP contribution is -2.45. The van der Waals surface area contributed by atoms with Gasteiger partial charge in [-0.3, -0.25) is 9.80 Å². The van der Waals surface area contributed by atoms with Gasteiger partial charge in [-0.1, -0.05) is 84.4 Å². The van der Waals surface area contributed by atoms with Gasteiger partial charge in [-0.25, -0.2) is 0 Å². The summed E-state index contributed by atoms with van der Waals surface area (Å²) in [5.41, 5.74) is 4.07. The molecule has 3 N–H and O–H groups in total. The van der Waals surface area contributed by atoms with Crippen LogP contribution < -0.4 is 16.0 Å². The van der Waals surface area contributed by atoms with Gasteiger partial charge in [-0.2, -0.15) is 0 Å². The predicted octanol–water partition coefficient (Wildman–Crippen LogP) is 3.95. The molecule has 0 bridgehead atoms. The van der Waals surface area contributed by atoms with E-state index in [9.17, 15) is 0 Å². The third kappa shape index (κ3) is 10.6. The lowest BCUT2D eigenvalue weighted by Gasteiger charge is -2.35. The molecule has 0 radical (unpaired) electrons. The Bertz CT molecular complexity index is 1050. The zero-order chi connectivity index (χ0) is 27.8. The van der Waals surface area contributed by atoms with Gasteiger partial charge in [0.1, 0.15) is 0 Å². The van der Waals surface area contributed by atoms with Crippen LogP contribution in [0.4, 0.5) is 0 Å². The minimum atomic E-state index is 0.315. The molecule has 3 fully saturated rings. The zero-order valence-corrected chi connectivity index (χ0v) is 24.8. The van der Waals surface area contributed by atoms with Gasteiger partial charge in [0.15, 0.2) is 0 Å². The van der Waals surface area contributed by atoms with Crippen LogP contribution in [0.2, 0.25) is 5.02 Å². The normalized spacial score (nSPS) is 19.4. The molecular weight excluding hydrogens is 516 g/mol. The summed E-state index contributed by atoms with van der Waals surface area (Å²) in [6, 6.07) is 30.0. The van der Waals surface area contributed by atoms with Crippen molar-refractivity contribution in [3.8, 4) is 0 Å². The number of piperazine rings is 3. The van der Waals surface area contributed by atoms with E-state index in [1.807, 2.05) is 12.1 Å². The summed E-state index contributed by atoms with van der Waals surface area (Å²) >= 11 is 6.02. The van der Waals surface area contributed by atoms with Gasteiger partial charge in [0.2, 0.25) is 0 Å². The molecule has 3 aliphatic heterocycles. The Morgan fingerprint density at radius 3 is 1.60 bits per heavy atom. The fourth-order valence-corrected chi connectivity index (χ4v) is 5.45. The molecule has 3 heterocycles. The van der Waals surface area contributed by atoms with Crippen molar-refractivity contribution in [2.45, 2.75) is 12.6 Å². The highest BCUT2D eigenvalue weighted by atomic mass is 35.5. The summed E-state index contributed by atoms with van der Waals surface area (Å²) in [5, 5.41) is 10.8. The highest BCUT2D eigenvalue weighted by Crippen LogP contribution is 2.29. The SMILES string of the molecule is CN1CCNCC1.Clc1ccc(C(c2ccccc2)N2CCNCC2)cc1.c1ccc(CN2CCNCC2)cc1. The first-order chi connectivity index (χ1) is 19.7. The van der Waals surface area contributed by atoms with Crippen LogP contribution in [0.1, 0.15) is 22.7 Å². The Morgan fingerprint density at radius 1 is 0.600 bits per heavy atom. The minimum absolute atomic E-state index is 0.315. The summed E-state index contributed by atoms with van der Waals surface area (Å²) in [6.45, 7) is 14.7. The van der Waals surface area contributed by atoms with Crippen molar-refractivity contribution in [1.82, 2.24) is 30.7 Å². The highest BCUT2D eigenvalue weighted by Gasteiger charge is 2.23. The first kappa shape index (κ1) is 30.7. The number of benzene rings is 3. The van der Waals surface area contributed by atoms with Crippen molar-refractivity contribution in [1.29, 1.82) is 0 Å². The van der Waals surface area contributed by atoms with E-state index < -0.39 is 0 Å². The van der Waals surface area contributed by atoms with Gasteiger partial charge in [0, 0.05) is 90.1 Å². The van der Waals surface area contributed by atoms with Crippen LogP contribution >= 0.6 is 11.6 Å². The fourth-order valence-electron chi connectivity index (χ4n) is 5.32. The van der Waals surface area contributed by atoms with Crippen LogP contribution in [-0.2, 0) is 6.54 Å². The molecule has 0 saturated carbocycles. The van der Waals surface area contributed by atoms with Crippen molar-refractivity contribution in [2.24, 2.45) is 0 Å². The summed E-state index contributed by atoms with van der Waals surface area (Å²) < 4.78 is 0. The zero-order valence-electron chi connectivity index (χ0n) is 24.1. The van der Waals surface area contributed by atoms with Gasteiger partial charge in [-0.15, -0.1) is 0 Å². The highest BCUT2D eigenvalue weighted by molar-refractivity contribution is 6.30. The second-order valence-corrected chi connectivity index (χ2v) is 11.2. The fraction of sp³-hybridized carbons (Fsp3) is 0.455. The third-order valence-corrected chi connectivity index (χ3v) is 7.87. The Kier molecular flexibility index (Phi) is 13.4. The van der Waals surface area contributed by atoms with E-state index in [2.05, 4.69) is 110 Å². The average Bonchev–Trinajstić information content (AvgIpc) is 3.02. The molecule has 216 valence electrons. The molecule has 0 spiro atoms. The van der Waals surface area contributed by atoms with Crippen LogP contribution in [-0.4, -0.2) is 100 Å². The van der Waals surface area contributed by atoms with Crippen molar-refractivity contribution >= 4 is 11.6 Å². The van der Waals surface area contributed by atoms with Gasteiger partial charge in [0.25, 0.3) is 0 Å². The lowest BCUT2D eigenvalue weighted by molar-refractivity contribution is 0.198. The second kappa shape index (κ2) is 17.5. The number of nitrogens with zero attached hydrogens (tertiary/aromatic N) is 3. The molecule has 1 atom stereocenters. The second-order valence-electron chi connectivity index (χ2n) is 10.7. The smallest absolute Gasteiger partial charge is 0.0602 e. The number of hydrogen-bond donors (Lipinski definition) is 3. The molecule has 7 heteroatoms. The molecule has 0 aliphatic carbocycles. The van der Waals surface area contributed by atoms with E-state index in [4.69, 9.17) is 11.6 Å². The average molecular weight is 563 g/mol. The van der Waals surface area contributed by atoms with E-state index >= 15 is 0 Å². The quantitative estimate of drug-likeness (QED) is 0.438. The third-order valence-electron chi connectivity index (χ3n) is 7.62. The molecule has 3 aromatic rings. The molecule has 0 amide bonds.